The Morgan fingerprint density at radius 3 is 2.30 bits per heavy atom. The Morgan fingerprint density at radius 1 is 0.837 bits per heavy atom. The fourth-order valence-electron chi connectivity index (χ4n) is 5.29. The Morgan fingerprint density at radius 2 is 1.56 bits per heavy atom. The molecule has 0 bridgehead atoms. The number of nitrogens with one attached hydrogen (secondary N) is 1. The van der Waals surface area contributed by atoms with Crippen LogP contribution in [-0.4, -0.2) is 47.6 Å². The number of thiophene rings is 1. The van der Waals surface area contributed by atoms with Crippen molar-refractivity contribution in [2.45, 2.75) is 25.8 Å². The van der Waals surface area contributed by atoms with Gasteiger partial charge in [0, 0.05) is 62.7 Å². The van der Waals surface area contributed by atoms with Gasteiger partial charge in [-0.2, -0.15) is 0 Å². The average molecular weight is 594 g/mol. The van der Waals surface area contributed by atoms with Crippen molar-refractivity contribution in [3.8, 4) is 21.9 Å². The summed E-state index contributed by atoms with van der Waals surface area (Å²) in [4.78, 5) is 32.8. The highest BCUT2D eigenvalue weighted by Crippen LogP contribution is 2.39. The van der Waals surface area contributed by atoms with E-state index >= 15 is 4.39 Å². The molecule has 8 heteroatoms. The molecule has 3 heterocycles. The molecule has 1 aliphatic heterocycles. The summed E-state index contributed by atoms with van der Waals surface area (Å²) in [6.45, 7) is 5.12. The lowest BCUT2D eigenvalue weighted by Gasteiger charge is -2.27. The molecule has 0 aliphatic carbocycles. The molecule has 1 aliphatic rings. The molecule has 0 amide bonds. The first-order valence-electron chi connectivity index (χ1n) is 14.4. The lowest BCUT2D eigenvalue weighted by atomic mass is 10.0. The number of ether oxygens (including phenoxy) is 1. The molecule has 43 heavy (non-hydrogen) atoms. The number of nitrogens with zero attached hydrogens (tertiary/aromatic N) is 2. The highest BCUT2D eigenvalue weighted by atomic mass is 32.1. The van der Waals surface area contributed by atoms with Crippen molar-refractivity contribution in [2.75, 3.05) is 26.2 Å². The maximum absolute atomic E-state index is 15.1. The summed E-state index contributed by atoms with van der Waals surface area (Å²) in [6.07, 6.45) is 1.67. The van der Waals surface area contributed by atoms with Crippen LogP contribution in [0.1, 0.15) is 23.1 Å². The van der Waals surface area contributed by atoms with Crippen LogP contribution in [0.5, 0.6) is 11.5 Å². The van der Waals surface area contributed by atoms with Gasteiger partial charge in [0.15, 0.2) is 11.6 Å². The summed E-state index contributed by atoms with van der Waals surface area (Å²) < 4.78 is 21.9. The zero-order chi connectivity index (χ0) is 29.6. The standard InChI is InChI=1S/C35H32FN3O3S/c36-30-20-26(19-29(41)21-28(40)18-24-4-2-1-3-5-24)8-11-32(30)42-33-12-13-38-31-22-34(43-35(31)33)27-9-6-25(7-10-27)23-39-16-14-37-15-17-39/h1-13,20,22,37H,14-19,21,23H2. The predicted octanol–water partition coefficient (Wildman–Crippen LogP) is 6.61. The summed E-state index contributed by atoms with van der Waals surface area (Å²) >= 11 is 1.56. The summed E-state index contributed by atoms with van der Waals surface area (Å²) in [5.74, 6) is -0.378. The molecule has 0 spiro atoms. The predicted molar refractivity (Wildman–Crippen MR) is 168 cm³/mol. The Bertz CT molecular complexity index is 1730. The normalized spacial score (nSPS) is 13.7. The Kier molecular flexibility index (Phi) is 8.98. The third-order valence-corrected chi connectivity index (χ3v) is 8.67. The number of hydrogen-bond donors (Lipinski definition) is 1. The summed E-state index contributed by atoms with van der Waals surface area (Å²) in [6, 6.07) is 26.2. The van der Waals surface area contributed by atoms with Gasteiger partial charge in [0.2, 0.25) is 0 Å². The topological polar surface area (TPSA) is 71.5 Å². The number of carbonyl (C=O) groups excluding carboxylic acids is 2. The molecule has 0 unspecified atom stereocenters. The van der Waals surface area contributed by atoms with Crippen molar-refractivity contribution >= 4 is 33.1 Å². The van der Waals surface area contributed by atoms with E-state index in [0.29, 0.717) is 11.3 Å². The monoisotopic (exact) mass is 593 g/mol. The molecule has 1 fully saturated rings. The van der Waals surface area contributed by atoms with E-state index in [1.165, 1.54) is 17.7 Å². The maximum Gasteiger partial charge on any atom is 0.166 e. The van der Waals surface area contributed by atoms with Crippen molar-refractivity contribution < 1.29 is 18.7 Å². The molecule has 2 aromatic heterocycles. The molecule has 6 nitrogen and oxygen atoms in total. The van der Waals surface area contributed by atoms with Crippen LogP contribution in [0.4, 0.5) is 4.39 Å². The van der Waals surface area contributed by atoms with Gasteiger partial charge in [0.1, 0.15) is 17.3 Å². The number of benzene rings is 3. The minimum absolute atomic E-state index is 0.0143. The number of aromatic nitrogens is 1. The summed E-state index contributed by atoms with van der Waals surface area (Å²) in [5.41, 5.74) is 4.54. The third kappa shape index (κ3) is 7.40. The van der Waals surface area contributed by atoms with Crippen molar-refractivity contribution in [3.63, 3.8) is 0 Å². The van der Waals surface area contributed by atoms with Crippen LogP contribution in [0.3, 0.4) is 0 Å². The first-order chi connectivity index (χ1) is 21.0. The molecule has 218 valence electrons. The van der Waals surface area contributed by atoms with Crippen LogP contribution in [0.25, 0.3) is 20.7 Å². The second-order valence-electron chi connectivity index (χ2n) is 10.8. The summed E-state index contributed by atoms with van der Waals surface area (Å²) in [7, 11) is 0. The number of carbonyl (C=O) groups is 2. The number of hydrogen-bond acceptors (Lipinski definition) is 7. The number of fused-ring (bicyclic) bond motifs is 1. The molecule has 5 aromatic rings. The quantitative estimate of drug-likeness (QED) is 0.174. The zero-order valence-electron chi connectivity index (χ0n) is 23.7. The van der Waals surface area contributed by atoms with Crippen LogP contribution in [-0.2, 0) is 29.0 Å². The minimum atomic E-state index is -0.567. The minimum Gasteiger partial charge on any atom is -0.453 e. The number of piperazine rings is 1. The number of ketones is 2. The second kappa shape index (κ2) is 13.4. The first kappa shape index (κ1) is 28.9. The van der Waals surface area contributed by atoms with Gasteiger partial charge in [0.05, 0.1) is 16.6 Å². The Labute approximate surface area is 254 Å². The van der Waals surface area contributed by atoms with Crippen LogP contribution < -0.4 is 10.1 Å². The fraction of sp³-hybridized carbons (Fsp3) is 0.229. The number of rotatable bonds is 11. The summed E-state index contributed by atoms with van der Waals surface area (Å²) in [5, 5.41) is 3.39. The van der Waals surface area contributed by atoms with Crippen LogP contribution >= 0.6 is 11.3 Å². The van der Waals surface area contributed by atoms with Gasteiger partial charge >= 0.3 is 0 Å². The molecule has 3 aromatic carbocycles. The molecule has 0 radical (unpaired) electrons. The van der Waals surface area contributed by atoms with Crippen LogP contribution in [0.15, 0.2) is 91.1 Å². The van der Waals surface area contributed by atoms with Gasteiger partial charge in [-0.15, -0.1) is 11.3 Å². The molecule has 0 saturated carbocycles. The largest absolute Gasteiger partial charge is 0.453 e. The Balaban J connectivity index is 1.10. The van der Waals surface area contributed by atoms with Crippen molar-refractivity contribution in [2.24, 2.45) is 0 Å². The van der Waals surface area contributed by atoms with Crippen molar-refractivity contribution in [1.82, 2.24) is 15.2 Å². The number of halogens is 1. The van der Waals surface area contributed by atoms with Gasteiger partial charge in [-0.3, -0.25) is 19.5 Å². The van der Waals surface area contributed by atoms with E-state index in [2.05, 4.69) is 39.5 Å². The van der Waals surface area contributed by atoms with E-state index in [4.69, 9.17) is 4.74 Å². The Hall–Kier alpha value is -4.24. The lowest BCUT2D eigenvalue weighted by molar-refractivity contribution is -0.126. The second-order valence-corrected chi connectivity index (χ2v) is 11.9. The number of pyridine rings is 1. The van der Waals surface area contributed by atoms with Gasteiger partial charge in [0.25, 0.3) is 0 Å². The van der Waals surface area contributed by atoms with E-state index in [1.54, 1.807) is 29.7 Å². The first-order valence-corrected chi connectivity index (χ1v) is 15.3. The molecule has 6 rings (SSSR count). The van der Waals surface area contributed by atoms with Gasteiger partial charge in [-0.1, -0.05) is 60.7 Å². The molecule has 1 saturated heterocycles. The molecular formula is C35H32FN3O3S. The smallest absolute Gasteiger partial charge is 0.166 e. The highest BCUT2D eigenvalue weighted by molar-refractivity contribution is 7.22. The zero-order valence-corrected chi connectivity index (χ0v) is 24.5. The highest BCUT2D eigenvalue weighted by Gasteiger charge is 2.16. The van der Waals surface area contributed by atoms with E-state index in [-0.39, 0.29) is 36.6 Å². The van der Waals surface area contributed by atoms with Crippen molar-refractivity contribution in [3.05, 3.63) is 114 Å². The SMILES string of the molecule is O=C(CC(=O)Cc1ccc(Oc2ccnc3cc(-c4ccc(CN5CCNCC5)cc4)sc23)c(F)c1)Cc1ccccc1. The van der Waals surface area contributed by atoms with E-state index in [9.17, 15) is 9.59 Å². The van der Waals surface area contributed by atoms with E-state index in [0.717, 1.165) is 58.9 Å². The van der Waals surface area contributed by atoms with Gasteiger partial charge in [-0.25, -0.2) is 4.39 Å². The van der Waals surface area contributed by atoms with Gasteiger partial charge in [-0.05, 0) is 40.5 Å². The third-order valence-electron chi connectivity index (χ3n) is 7.49. The molecular weight excluding hydrogens is 561 g/mol. The molecule has 1 N–H and O–H groups in total. The van der Waals surface area contributed by atoms with Crippen LogP contribution in [0, 0.1) is 5.82 Å². The van der Waals surface area contributed by atoms with Gasteiger partial charge < -0.3 is 10.1 Å². The van der Waals surface area contributed by atoms with E-state index < -0.39 is 5.82 Å². The molecule has 0 atom stereocenters. The average Bonchev–Trinajstić information content (AvgIpc) is 3.45. The van der Waals surface area contributed by atoms with Crippen LogP contribution in [0.2, 0.25) is 0 Å². The maximum atomic E-state index is 15.1. The van der Waals surface area contributed by atoms with Crippen molar-refractivity contribution in [1.29, 1.82) is 0 Å². The number of Topliss-reactive ketones (excluding diaryl/α,β-unsaturated/α-hetero) is 2. The lowest BCUT2D eigenvalue weighted by Crippen LogP contribution is -2.42. The van der Waals surface area contributed by atoms with E-state index in [1.807, 2.05) is 36.4 Å². The fourth-order valence-corrected chi connectivity index (χ4v) is 6.36.